The van der Waals surface area contributed by atoms with E-state index in [2.05, 4.69) is 20.6 Å². The summed E-state index contributed by atoms with van der Waals surface area (Å²) in [4.78, 5) is 21.4. The maximum Gasteiger partial charge on any atom is 0.223 e. The van der Waals surface area contributed by atoms with E-state index in [1.54, 1.807) is 18.5 Å². The maximum absolute atomic E-state index is 12.6. The molecule has 4 atom stereocenters. The number of nitrogens with one attached hydrogen (secondary N) is 2. The number of amides is 1. The Morgan fingerprint density at radius 2 is 1.83 bits per heavy atom. The molecule has 1 saturated carbocycles. The molecule has 0 spiro atoms. The molecule has 4 heterocycles. The van der Waals surface area contributed by atoms with Gasteiger partial charge >= 0.3 is 0 Å². The Labute approximate surface area is 169 Å². The Morgan fingerprint density at radius 3 is 2.62 bits per heavy atom. The largest absolute Gasteiger partial charge is 0.463 e. The summed E-state index contributed by atoms with van der Waals surface area (Å²) in [6.45, 7) is 0.957. The highest BCUT2D eigenvalue weighted by Crippen LogP contribution is 2.30. The number of furan rings is 1. The van der Waals surface area contributed by atoms with Crippen LogP contribution < -0.4 is 10.6 Å². The van der Waals surface area contributed by atoms with Gasteiger partial charge < -0.3 is 24.5 Å². The Morgan fingerprint density at radius 1 is 1.03 bits per heavy atom. The zero-order valence-electron chi connectivity index (χ0n) is 16.3. The van der Waals surface area contributed by atoms with E-state index in [9.17, 15) is 4.79 Å². The van der Waals surface area contributed by atoms with Crippen LogP contribution in [0.3, 0.4) is 0 Å². The zero-order valence-corrected chi connectivity index (χ0v) is 16.3. The molecule has 0 bridgehead atoms. The number of rotatable bonds is 5. The van der Waals surface area contributed by atoms with Crippen LogP contribution in [0.2, 0.25) is 0 Å². The first-order chi connectivity index (χ1) is 14.3. The lowest BCUT2D eigenvalue weighted by atomic mass is 9.88. The van der Waals surface area contributed by atoms with Crippen molar-refractivity contribution < 1.29 is 18.7 Å². The van der Waals surface area contributed by atoms with Crippen molar-refractivity contribution in [3.63, 3.8) is 0 Å². The third kappa shape index (κ3) is 3.86. The summed E-state index contributed by atoms with van der Waals surface area (Å²) in [5.41, 5.74) is 0.716. The van der Waals surface area contributed by atoms with Gasteiger partial charge in [-0.3, -0.25) is 4.79 Å². The molecule has 154 valence electrons. The Balaban J connectivity index is 1.20. The van der Waals surface area contributed by atoms with E-state index < -0.39 is 0 Å². The first-order valence-electron chi connectivity index (χ1n) is 10.4. The van der Waals surface area contributed by atoms with E-state index in [1.807, 2.05) is 12.1 Å². The minimum Gasteiger partial charge on any atom is -0.463 e. The molecule has 2 N–H and O–H groups in total. The molecule has 0 unspecified atom stereocenters. The molecule has 2 aromatic heterocycles. The molecule has 1 amide bonds. The van der Waals surface area contributed by atoms with Crippen LogP contribution in [0.1, 0.15) is 32.1 Å². The highest BCUT2D eigenvalue weighted by atomic mass is 16.6. The van der Waals surface area contributed by atoms with Gasteiger partial charge in [0, 0.05) is 12.1 Å². The maximum atomic E-state index is 12.6. The van der Waals surface area contributed by atoms with Crippen molar-refractivity contribution in [3.8, 4) is 11.5 Å². The normalized spacial score (nSPS) is 29.5. The summed E-state index contributed by atoms with van der Waals surface area (Å²) in [5.74, 6) is 1.48. The van der Waals surface area contributed by atoms with Crippen molar-refractivity contribution in [2.75, 3.05) is 18.5 Å². The summed E-state index contributed by atoms with van der Waals surface area (Å²) >= 11 is 0. The number of hydrogen-bond acceptors (Lipinski definition) is 7. The van der Waals surface area contributed by atoms with Gasteiger partial charge in [0.15, 0.2) is 5.76 Å². The van der Waals surface area contributed by atoms with Gasteiger partial charge in [0.2, 0.25) is 11.9 Å². The van der Waals surface area contributed by atoms with Crippen molar-refractivity contribution in [3.05, 3.63) is 30.7 Å². The molecule has 8 heteroatoms. The van der Waals surface area contributed by atoms with E-state index >= 15 is 0 Å². The van der Waals surface area contributed by atoms with Crippen LogP contribution in [0.25, 0.3) is 11.5 Å². The standard InChI is InChI=1S/C21H26N4O4/c26-20(13-5-2-1-3-6-13)23-15-11-28-19-16(12-29-18(15)19)25-21-22-9-8-14(24-21)17-7-4-10-27-17/h4,7-10,13,15-16,18-19H,1-3,5-6,11-12H2,(H,23,26)(H,22,24,25)/t15-,16-,18+,19+/m0/s1. The molecule has 29 heavy (non-hydrogen) atoms. The third-order valence-electron chi connectivity index (χ3n) is 6.10. The molecular formula is C21H26N4O4. The SMILES string of the molecule is O=C(N[C@H]1CO[C@H]2[C@@H]1OC[C@@H]2Nc1nccc(-c2ccco2)n1)C1CCCCC1. The van der Waals surface area contributed by atoms with Crippen LogP contribution >= 0.6 is 0 Å². The summed E-state index contributed by atoms with van der Waals surface area (Å²) in [5, 5.41) is 6.50. The second-order valence-corrected chi connectivity index (χ2v) is 8.04. The molecule has 3 aliphatic rings. The molecular weight excluding hydrogens is 372 g/mol. The number of carbonyl (C=O) groups is 1. The predicted molar refractivity (Wildman–Crippen MR) is 105 cm³/mol. The fourth-order valence-electron chi connectivity index (χ4n) is 4.57. The minimum absolute atomic E-state index is 0.0663. The van der Waals surface area contributed by atoms with Gasteiger partial charge in [-0.05, 0) is 31.0 Å². The summed E-state index contributed by atoms with van der Waals surface area (Å²) in [7, 11) is 0. The van der Waals surface area contributed by atoms with Gasteiger partial charge in [-0.2, -0.15) is 0 Å². The Bertz CT molecular complexity index is 837. The van der Waals surface area contributed by atoms with Gasteiger partial charge in [0.25, 0.3) is 0 Å². The fourth-order valence-corrected chi connectivity index (χ4v) is 4.57. The number of aromatic nitrogens is 2. The van der Waals surface area contributed by atoms with E-state index in [0.29, 0.717) is 30.6 Å². The van der Waals surface area contributed by atoms with Crippen molar-refractivity contribution in [1.29, 1.82) is 0 Å². The lowest BCUT2D eigenvalue weighted by molar-refractivity contribution is -0.127. The summed E-state index contributed by atoms with van der Waals surface area (Å²) in [6.07, 6.45) is 8.54. The average Bonchev–Trinajstić information content (AvgIpc) is 3.49. The first kappa shape index (κ1) is 18.6. The molecule has 0 radical (unpaired) electrons. The van der Waals surface area contributed by atoms with Crippen molar-refractivity contribution in [2.45, 2.75) is 56.4 Å². The summed E-state index contributed by atoms with van der Waals surface area (Å²) < 4.78 is 17.4. The third-order valence-corrected chi connectivity index (χ3v) is 6.10. The van der Waals surface area contributed by atoms with Crippen molar-refractivity contribution in [1.82, 2.24) is 15.3 Å². The van der Waals surface area contributed by atoms with Crippen LogP contribution in [0.5, 0.6) is 0 Å². The monoisotopic (exact) mass is 398 g/mol. The van der Waals surface area contributed by atoms with Gasteiger partial charge in [-0.1, -0.05) is 19.3 Å². The molecule has 0 aromatic carbocycles. The predicted octanol–water partition coefficient (Wildman–Crippen LogP) is 2.38. The molecule has 2 saturated heterocycles. The van der Waals surface area contributed by atoms with E-state index in [4.69, 9.17) is 13.9 Å². The lowest BCUT2D eigenvalue weighted by Crippen LogP contribution is -2.47. The van der Waals surface area contributed by atoms with E-state index in [0.717, 1.165) is 25.7 Å². The number of carbonyl (C=O) groups excluding carboxylic acids is 1. The second kappa shape index (κ2) is 8.12. The fraction of sp³-hybridized carbons (Fsp3) is 0.571. The molecule has 1 aliphatic carbocycles. The average molecular weight is 398 g/mol. The zero-order chi connectivity index (χ0) is 19.6. The number of ether oxygens (including phenoxy) is 2. The van der Waals surface area contributed by atoms with Gasteiger partial charge in [0.1, 0.15) is 17.9 Å². The van der Waals surface area contributed by atoms with E-state index in [-0.39, 0.29) is 36.1 Å². The van der Waals surface area contributed by atoms with E-state index in [1.165, 1.54) is 6.42 Å². The van der Waals surface area contributed by atoms with Crippen LogP contribution in [0.4, 0.5) is 5.95 Å². The lowest BCUT2D eigenvalue weighted by Gasteiger charge is -2.24. The molecule has 8 nitrogen and oxygen atoms in total. The van der Waals surface area contributed by atoms with Crippen LogP contribution in [-0.4, -0.2) is 53.4 Å². The first-order valence-corrected chi connectivity index (χ1v) is 10.4. The van der Waals surface area contributed by atoms with Gasteiger partial charge in [0.05, 0.1) is 31.6 Å². The smallest absolute Gasteiger partial charge is 0.223 e. The summed E-state index contributed by atoms with van der Waals surface area (Å²) in [6, 6.07) is 5.33. The highest BCUT2D eigenvalue weighted by Gasteiger charge is 2.48. The number of anilines is 1. The number of fused-ring (bicyclic) bond motifs is 1. The Hall–Kier alpha value is -2.45. The van der Waals surface area contributed by atoms with Gasteiger partial charge in [-0.15, -0.1) is 0 Å². The number of hydrogen-bond donors (Lipinski definition) is 2. The minimum atomic E-state index is -0.145. The quantitative estimate of drug-likeness (QED) is 0.798. The molecule has 5 rings (SSSR count). The number of nitrogens with zero attached hydrogens (tertiary/aromatic N) is 2. The molecule has 3 fully saturated rings. The topological polar surface area (TPSA) is 98.5 Å². The molecule has 2 aromatic rings. The van der Waals surface area contributed by atoms with Crippen LogP contribution in [0.15, 0.2) is 35.1 Å². The Kier molecular flexibility index (Phi) is 5.20. The van der Waals surface area contributed by atoms with Crippen molar-refractivity contribution in [2.24, 2.45) is 5.92 Å². The van der Waals surface area contributed by atoms with Crippen LogP contribution in [-0.2, 0) is 14.3 Å². The second-order valence-electron chi connectivity index (χ2n) is 8.04. The highest BCUT2D eigenvalue weighted by molar-refractivity contribution is 5.79. The van der Waals surface area contributed by atoms with Gasteiger partial charge in [-0.25, -0.2) is 9.97 Å². The molecule has 2 aliphatic heterocycles. The van der Waals surface area contributed by atoms with Crippen LogP contribution in [0, 0.1) is 5.92 Å². The van der Waals surface area contributed by atoms with Crippen molar-refractivity contribution >= 4 is 11.9 Å².